The summed E-state index contributed by atoms with van der Waals surface area (Å²) in [5, 5.41) is 3.37. The maximum absolute atomic E-state index is 12.5. The Morgan fingerprint density at radius 1 is 1.24 bits per heavy atom. The van der Waals surface area contributed by atoms with E-state index in [2.05, 4.69) is 33.0 Å². The molecule has 0 aromatic rings. The van der Waals surface area contributed by atoms with Crippen LogP contribution in [0.5, 0.6) is 0 Å². The molecule has 0 aliphatic carbocycles. The summed E-state index contributed by atoms with van der Waals surface area (Å²) >= 11 is 0. The van der Waals surface area contributed by atoms with Crippen molar-refractivity contribution in [3.05, 3.63) is 0 Å². The first-order valence-electron chi connectivity index (χ1n) is 7.14. The van der Waals surface area contributed by atoms with Crippen molar-refractivity contribution in [1.82, 2.24) is 5.32 Å². The van der Waals surface area contributed by atoms with Gasteiger partial charge in [0.25, 0.3) is 0 Å². The minimum atomic E-state index is 0.00521. The lowest BCUT2D eigenvalue weighted by molar-refractivity contribution is -0.131. The Morgan fingerprint density at radius 3 is 2.29 bits per heavy atom. The van der Waals surface area contributed by atoms with Gasteiger partial charge in [-0.05, 0) is 44.2 Å². The van der Waals surface area contributed by atoms with E-state index in [-0.39, 0.29) is 10.8 Å². The van der Waals surface area contributed by atoms with Gasteiger partial charge < -0.3 is 5.32 Å². The standard InChI is InChI=1S/C15H29NO/c1-5-7-15(9-11-16-12-10-15)13(17)6-8-14(2,3)4/h16H,5-12H2,1-4H3. The van der Waals surface area contributed by atoms with Crippen LogP contribution >= 0.6 is 0 Å². The number of nitrogens with one attached hydrogen (secondary N) is 1. The topological polar surface area (TPSA) is 29.1 Å². The lowest BCUT2D eigenvalue weighted by Crippen LogP contribution is -2.42. The predicted molar refractivity (Wildman–Crippen MR) is 73.1 cm³/mol. The molecule has 2 heteroatoms. The number of carbonyl (C=O) groups excluding carboxylic acids is 1. The predicted octanol–water partition coefficient (Wildman–Crippen LogP) is 3.55. The Morgan fingerprint density at radius 2 is 1.82 bits per heavy atom. The third-order valence-electron chi connectivity index (χ3n) is 3.98. The van der Waals surface area contributed by atoms with Crippen LogP contribution in [0.3, 0.4) is 0 Å². The van der Waals surface area contributed by atoms with Crippen molar-refractivity contribution in [3.8, 4) is 0 Å². The van der Waals surface area contributed by atoms with Crippen molar-refractivity contribution in [2.75, 3.05) is 13.1 Å². The Balaban J connectivity index is 2.60. The summed E-state index contributed by atoms with van der Waals surface area (Å²) in [5.41, 5.74) is 0.279. The van der Waals surface area contributed by atoms with Gasteiger partial charge >= 0.3 is 0 Å². The zero-order valence-electron chi connectivity index (χ0n) is 12.1. The molecular formula is C15H29NO. The second kappa shape index (κ2) is 5.99. The molecule has 0 saturated carbocycles. The third-order valence-corrected chi connectivity index (χ3v) is 3.98. The van der Waals surface area contributed by atoms with Gasteiger partial charge in [-0.15, -0.1) is 0 Å². The van der Waals surface area contributed by atoms with Crippen LogP contribution in [0.15, 0.2) is 0 Å². The van der Waals surface area contributed by atoms with E-state index in [0.717, 1.165) is 51.6 Å². The minimum Gasteiger partial charge on any atom is -0.317 e. The fourth-order valence-electron chi connectivity index (χ4n) is 2.81. The normalized spacial score (nSPS) is 20.2. The lowest BCUT2D eigenvalue weighted by atomic mass is 9.70. The highest BCUT2D eigenvalue weighted by Crippen LogP contribution is 2.37. The molecule has 1 aliphatic heterocycles. The molecule has 1 rings (SSSR count). The van der Waals surface area contributed by atoms with Crippen molar-refractivity contribution < 1.29 is 4.79 Å². The number of ketones is 1. The molecule has 0 spiro atoms. The van der Waals surface area contributed by atoms with Gasteiger partial charge in [-0.25, -0.2) is 0 Å². The molecule has 2 nitrogen and oxygen atoms in total. The molecule has 1 N–H and O–H groups in total. The minimum absolute atomic E-state index is 0.00521. The Bertz CT molecular complexity index is 241. The molecule has 0 unspecified atom stereocenters. The van der Waals surface area contributed by atoms with Gasteiger partial charge in [-0.1, -0.05) is 34.1 Å². The van der Waals surface area contributed by atoms with Crippen LogP contribution in [0.4, 0.5) is 0 Å². The molecule has 1 heterocycles. The summed E-state index contributed by atoms with van der Waals surface area (Å²) < 4.78 is 0. The summed E-state index contributed by atoms with van der Waals surface area (Å²) in [6.45, 7) is 10.9. The monoisotopic (exact) mass is 239 g/mol. The molecule has 0 aromatic heterocycles. The largest absolute Gasteiger partial charge is 0.317 e. The van der Waals surface area contributed by atoms with E-state index in [9.17, 15) is 4.79 Å². The molecule has 1 saturated heterocycles. The Labute approximate surface area is 107 Å². The van der Waals surface area contributed by atoms with Gasteiger partial charge in [0, 0.05) is 11.8 Å². The first-order valence-corrected chi connectivity index (χ1v) is 7.14. The average Bonchev–Trinajstić information content (AvgIpc) is 2.26. The third kappa shape index (κ3) is 4.42. The van der Waals surface area contributed by atoms with Gasteiger partial charge in [0.15, 0.2) is 0 Å². The highest BCUT2D eigenvalue weighted by atomic mass is 16.1. The number of piperidine rings is 1. The van der Waals surface area contributed by atoms with Crippen molar-refractivity contribution in [1.29, 1.82) is 0 Å². The van der Waals surface area contributed by atoms with Crippen LogP contribution in [0.25, 0.3) is 0 Å². The Kier molecular flexibility index (Phi) is 5.18. The maximum atomic E-state index is 12.5. The average molecular weight is 239 g/mol. The Hall–Kier alpha value is -0.370. The zero-order chi connectivity index (χ0) is 12.9. The van der Waals surface area contributed by atoms with E-state index in [1.807, 2.05) is 0 Å². The van der Waals surface area contributed by atoms with E-state index in [4.69, 9.17) is 0 Å². The van der Waals surface area contributed by atoms with Crippen LogP contribution in [0, 0.1) is 10.8 Å². The first-order chi connectivity index (χ1) is 7.90. The number of rotatable bonds is 5. The molecular weight excluding hydrogens is 210 g/mol. The van der Waals surface area contributed by atoms with E-state index in [1.165, 1.54) is 0 Å². The van der Waals surface area contributed by atoms with Gasteiger partial charge in [0.05, 0.1) is 0 Å². The summed E-state index contributed by atoms with van der Waals surface area (Å²) in [6.07, 6.45) is 6.08. The lowest BCUT2D eigenvalue weighted by Gasteiger charge is -2.37. The van der Waals surface area contributed by atoms with Crippen LogP contribution in [0.1, 0.15) is 66.2 Å². The molecule has 100 valence electrons. The van der Waals surface area contributed by atoms with Crippen LogP contribution in [-0.4, -0.2) is 18.9 Å². The first kappa shape index (κ1) is 14.7. The fourth-order valence-corrected chi connectivity index (χ4v) is 2.81. The quantitative estimate of drug-likeness (QED) is 0.795. The van der Waals surface area contributed by atoms with Crippen LogP contribution < -0.4 is 5.32 Å². The molecule has 0 aromatic carbocycles. The van der Waals surface area contributed by atoms with Gasteiger partial charge in [0.2, 0.25) is 0 Å². The van der Waals surface area contributed by atoms with Crippen molar-refractivity contribution >= 4 is 5.78 Å². The highest BCUT2D eigenvalue weighted by molar-refractivity contribution is 5.85. The van der Waals surface area contributed by atoms with Crippen molar-refractivity contribution in [2.24, 2.45) is 10.8 Å². The molecule has 0 atom stereocenters. The molecule has 1 fully saturated rings. The summed E-state index contributed by atoms with van der Waals surface area (Å²) in [7, 11) is 0. The van der Waals surface area contributed by atoms with Crippen molar-refractivity contribution in [3.63, 3.8) is 0 Å². The number of carbonyl (C=O) groups is 1. The number of hydrogen-bond acceptors (Lipinski definition) is 2. The molecule has 0 radical (unpaired) electrons. The molecule has 1 aliphatic rings. The number of Topliss-reactive ketones (excluding diaryl/α,β-unsaturated/α-hetero) is 1. The molecule has 0 amide bonds. The van der Waals surface area contributed by atoms with Gasteiger partial charge in [0.1, 0.15) is 5.78 Å². The van der Waals surface area contributed by atoms with E-state index < -0.39 is 0 Å². The zero-order valence-corrected chi connectivity index (χ0v) is 12.1. The van der Waals surface area contributed by atoms with Crippen LogP contribution in [0.2, 0.25) is 0 Å². The van der Waals surface area contributed by atoms with E-state index in [1.54, 1.807) is 0 Å². The summed E-state index contributed by atoms with van der Waals surface area (Å²) in [6, 6.07) is 0. The SMILES string of the molecule is CCCC1(C(=O)CCC(C)(C)C)CCNCC1. The van der Waals surface area contributed by atoms with E-state index >= 15 is 0 Å². The summed E-state index contributed by atoms with van der Waals surface area (Å²) in [4.78, 5) is 12.5. The van der Waals surface area contributed by atoms with Gasteiger partial charge in [-0.2, -0.15) is 0 Å². The van der Waals surface area contributed by atoms with Crippen LogP contribution in [-0.2, 0) is 4.79 Å². The summed E-state index contributed by atoms with van der Waals surface area (Å²) in [5.74, 6) is 0.524. The van der Waals surface area contributed by atoms with Crippen molar-refractivity contribution in [2.45, 2.75) is 66.2 Å². The second-order valence-corrected chi connectivity index (χ2v) is 6.76. The smallest absolute Gasteiger partial charge is 0.139 e. The molecule has 17 heavy (non-hydrogen) atoms. The van der Waals surface area contributed by atoms with Gasteiger partial charge in [-0.3, -0.25) is 4.79 Å². The number of hydrogen-bond donors (Lipinski definition) is 1. The highest BCUT2D eigenvalue weighted by Gasteiger charge is 2.37. The fraction of sp³-hybridized carbons (Fsp3) is 0.933. The second-order valence-electron chi connectivity index (χ2n) is 6.76. The maximum Gasteiger partial charge on any atom is 0.139 e. The van der Waals surface area contributed by atoms with E-state index in [0.29, 0.717) is 5.78 Å². The molecule has 0 bridgehead atoms.